The molecule has 0 aromatic heterocycles. The van der Waals surface area contributed by atoms with Gasteiger partial charge < -0.3 is 20.3 Å². The molecule has 2 aliphatic heterocycles. The summed E-state index contributed by atoms with van der Waals surface area (Å²) in [7, 11) is 0. The van der Waals surface area contributed by atoms with Gasteiger partial charge in [0.05, 0.1) is 12.5 Å². The highest BCUT2D eigenvalue weighted by Crippen LogP contribution is 2.30. The number of rotatable bonds is 7. The lowest BCUT2D eigenvalue weighted by Crippen LogP contribution is -2.43. The molecule has 190 valence electrons. The molecule has 1 saturated heterocycles. The van der Waals surface area contributed by atoms with Gasteiger partial charge in [0.1, 0.15) is 5.84 Å². The Hall–Kier alpha value is -3.68. The lowest BCUT2D eigenvalue weighted by atomic mass is 9.95. The summed E-state index contributed by atoms with van der Waals surface area (Å²) >= 11 is 0. The second kappa shape index (κ2) is 11.4. The normalized spacial score (nSPS) is 17.3. The van der Waals surface area contributed by atoms with E-state index in [1.54, 1.807) is 30.0 Å². The highest BCUT2D eigenvalue weighted by molar-refractivity contribution is 5.98. The number of amidine groups is 1. The Bertz CT molecular complexity index is 1140. The minimum Gasteiger partial charge on any atom is -0.466 e. The first-order valence-electron chi connectivity index (χ1n) is 12.7. The minimum atomic E-state index is -0.271. The summed E-state index contributed by atoms with van der Waals surface area (Å²) in [6.45, 7) is 3.81. The molecule has 4 rings (SSSR count). The smallest absolute Gasteiger partial charge is 0.310 e. The maximum absolute atomic E-state index is 13.2. The molecular formula is C28H34N4O4. The first-order valence-corrected chi connectivity index (χ1v) is 12.7. The molecule has 1 fully saturated rings. The molecule has 1 unspecified atom stereocenters. The van der Waals surface area contributed by atoms with Crippen LogP contribution < -0.4 is 10.6 Å². The molecule has 0 aliphatic carbocycles. The molecule has 0 spiro atoms. The maximum atomic E-state index is 13.2. The Morgan fingerprint density at radius 1 is 1.06 bits per heavy atom. The molecule has 2 amide bonds. The number of carbonyl (C=O) groups is 3. The highest BCUT2D eigenvalue weighted by atomic mass is 16.5. The van der Waals surface area contributed by atoms with Crippen molar-refractivity contribution in [2.45, 2.75) is 45.4 Å². The number of anilines is 1. The van der Waals surface area contributed by atoms with Gasteiger partial charge in [0.2, 0.25) is 5.91 Å². The van der Waals surface area contributed by atoms with Gasteiger partial charge in [-0.3, -0.25) is 19.8 Å². The number of amides is 2. The van der Waals surface area contributed by atoms with Crippen LogP contribution in [-0.4, -0.2) is 54.8 Å². The Morgan fingerprint density at radius 2 is 1.81 bits per heavy atom. The number of nitrogens with zero attached hydrogens (tertiary/aromatic N) is 2. The number of nitrogen functional groups attached to an aromatic ring is 1. The molecule has 36 heavy (non-hydrogen) atoms. The number of carbonyl (C=O) groups excluding carboxylic acids is 3. The first kappa shape index (κ1) is 25.4. The van der Waals surface area contributed by atoms with Crippen molar-refractivity contribution in [2.75, 3.05) is 31.1 Å². The Kier molecular flexibility index (Phi) is 8.03. The molecular weight excluding hydrogens is 456 g/mol. The predicted octanol–water partition coefficient (Wildman–Crippen LogP) is 3.30. The first-order chi connectivity index (χ1) is 17.4. The average molecular weight is 491 g/mol. The van der Waals surface area contributed by atoms with Gasteiger partial charge in [0.25, 0.3) is 5.91 Å². The molecule has 2 aliphatic rings. The van der Waals surface area contributed by atoms with Crippen molar-refractivity contribution in [3.8, 4) is 0 Å². The summed E-state index contributed by atoms with van der Waals surface area (Å²) in [6, 6.07) is 13.0. The quantitative estimate of drug-likeness (QED) is 0.351. The van der Waals surface area contributed by atoms with E-state index in [9.17, 15) is 14.4 Å². The Morgan fingerprint density at radius 3 is 2.53 bits per heavy atom. The van der Waals surface area contributed by atoms with Gasteiger partial charge in [0, 0.05) is 42.9 Å². The zero-order valence-corrected chi connectivity index (χ0v) is 20.8. The van der Waals surface area contributed by atoms with E-state index < -0.39 is 0 Å². The number of likely N-dealkylation sites (tertiary alicyclic amines) is 1. The molecule has 3 N–H and O–H groups in total. The van der Waals surface area contributed by atoms with Crippen LogP contribution in [-0.2, 0) is 27.2 Å². The summed E-state index contributed by atoms with van der Waals surface area (Å²) < 4.78 is 5.16. The third-order valence-electron chi connectivity index (χ3n) is 6.97. The summed E-state index contributed by atoms with van der Waals surface area (Å²) in [5, 5.41) is 7.49. The van der Waals surface area contributed by atoms with Crippen LogP contribution >= 0.6 is 0 Å². The number of hydrogen-bond acceptors (Lipinski definition) is 5. The number of ether oxygens (including phenoxy) is 1. The van der Waals surface area contributed by atoms with Crippen molar-refractivity contribution in [3.05, 3.63) is 64.7 Å². The monoisotopic (exact) mass is 490 g/mol. The third-order valence-corrected chi connectivity index (χ3v) is 6.97. The second-order valence-electron chi connectivity index (χ2n) is 9.45. The van der Waals surface area contributed by atoms with Crippen molar-refractivity contribution < 1.29 is 19.1 Å². The van der Waals surface area contributed by atoms with E-state index in [-0.39, 0.29) is 29.5 Å². The lowest BCUT2D eigenvalue weighted by molar-refractivity contribution is -0.149. The van der Waals surface area contributed by atoms with Crippen LogP contribution in [0.15, 0.2) is 42.5 Å². The fourth-order valence-corrected chi connectivity index (χ4v) is 5.02. The lowest BCUT2D eigenvalue weighted by Gasteiger charge is -2.33. The summed E-state index contributed by atoms with van der Waals surface area (Å²) in [5.74, 6) is -0.501. The van der Waals surface area contributed by atoms with Gasteiger partial charge in [-0.15, -0.1) is 0 Å². The number of nitrogens with two attached hydrogens (primary N) is 1. The van der Waals surface area contributed by atoms with E-state index in [0.717, 1.165) is 42.5 Å². The van der Waals surface area contributed by atoms with E-state index in [1.807, 2.05) is 29.2 Å². The predicted molar refractivity (Wildman–Crippen MR) is 138 cm³/mol. The molecule has 8 heteroatoms. The second-order valence-corrected chi connectivity index (χ2v) is 9.45. The van der Waals surface area contributed by atoms with Crippen LogP contribution in [0.5, 0.6) is 0 Å². The number of esters is 1. The van der Waals surface area contributed by atoms with Gasteiger partial charge in [-0.1, -0.05) is 24.3 Å². The summed E-state index contributed by atoms with van der Waals surface area (Å²) in [4.78, 5) is 42.0. The maximum Gasteiger partial charge on any atom is 0.310 e. The third kappa shape index (κ3) is 5.75. The molecule has 0 bridgehead atoms. The number of hydrogen-bond donors (Lipinski definition) is 2. The fourth-order valence-electron chi connectivity index (χ4n) is 5.02. The van der Waals surface area contributed by atoms with Crippen LogP contribution in [0.2, 0.25) is 0 Å². The number of fused-ring (bicyclic) bond motifs is 1. The summed E-state index contributed by atoms with van der Waals surface area (Å²) in [6.07, 6.45) is 4.17. The van der Waals surface area contributed by atoms with Crippen molar-refractivity contribution in [2.24, 2.45) is 11.7 Å². The van der Waals surface area contributed by atoms with Crippen molar-refractivity contribution in [3.63, 3.8) is 0 Å². The number of aryl methyl sites for hydroxylation is 2. The SMILES string of the molecule is CCOC(=O)C1CCCN(C(=O)c2ccc3c(c2)CCCN3C(=O)CCc2ccc(C(=N)N)cc2)C1. The Balaban J connectivity index is 1.41. The van der Waals surface area contributed by atoms with E-state index in [1.165, 1.54) is 0 Å². The van der Waals surface area contributed by atoms with Gasteiger partial charge in [0.15, 0.2) is 0 Å². The van der Waals surface area contributed by atoms with Crippen LogP contribution in [0, 0.1) is 11.3 Å². The van der Waals surface area contributed by atoms with Crippen molar-refractivity contribution in [1.82, 2.24) is 4.90 Å². The highest BCUT2D eigenvalue weighted by Gasteiger charge is 2.30. The van der Waals surface area contributed by atoms with Gasteiger partial charge in [-0.2, -0.15) is 0 Å². The minimum absolute atomic E-state index is 0.0273. The zero-order chi connectivity index (χ0) is 25.7. The largest absolute Gasteiger partial charge is 0.466 e. The molecule has 0 saturated carbocycles. The molecule has 2 heterocycles. The van der Waals surface area contributed by atoms with E-state index in [2.05, 4.69) is 0 Å². The molecule has 2 aromatic carbocycles. The molecule has 1 atom stereocenters. The molecule has 2 aromatic rings. The number of nitrogens with one attached hydrogen (secondary N) is 1. The van der Waals surface area contributed by atoms with E-state index in [4.69, 9.17) is 15.9 Å². The van der Waals surface area contributed by atoms with Gasteiger partial charge in [-0.25, -0.2) is 0 Å². The molecule has 0 radical (unpaired) electrons. The fraction of sp³-hybridized carbons (Fsp3) is 0.429. The number of benzene rings is 2. The zero-order valence-electron chi connectivity index (χ0n) is 20.8. The number of piperidine rings is 1. The standard InChI is InChI=1S/C28H34N4O4/c1-2-36-28(35)23-6-3-15-31(18-23)27(34)22-12-13-24-21(17-22)5-4-16-32(24)25(33)14-9-19-7-10-20(11-8-19)26(29)30/h7-8,10-13,17,23H,2-6,9,14-16,18H2,1H3,(H3,29,30). The topological polar surface area (TPSA) is 117 Å². The van der Waals surface area contributed by atoms with Crippen molar-refractivity contribution in [1.29, 1.82) is 5.41 Å². The van der Waals surface area contributed by atoms with Gasteiger partial charge in [-0.05, 0) is 68.4 Å². The van der Waals surface area contributed by atoms with Crippen molar-refractivity contribution >= 4 is 29.3 Å². The van der Waals surface area contributed by atoms with Crippen LogP contribution in [0.3, 0.4) is 0 Å². The summed E-state index contributed by atoms with van der Waals surface area (Å²) in [5.41, 5.74) is 9.67. The Labute approximate surface area is 211 Å². The van der Waals surface area contributed by atoms with E-state index in [0.29, 0.717) is 50.2 Å². The van der Waals surface area contributed by atoms with Crippen LogP contribution in [0.25, 0.3) is 0 Å². The van der Waals surface area contributed by atoms with Crippen LogP contribution in [0.1, 0.15) is 59.7 Å². The molecule has 8 nitrogen and oxygen atoms in total. The average Bonchev–Trinajstić information content (AvgIpc) is 2.91. The van der Waals surface area contributed by atoms with Gasteiger partial charge >= 0.3 is 5.97 Å². The van der Waals surface area contributed by atoms with E-state index >= 15 is 0 Å². The van der Waals surface area contributed by atoms with Crippen LogP contribution in [0.4, 0.5) is 5.69 Å².